The largest absolute Gasteiger partial charge is 0.380 e. The van der Waals surface area contributed by atoms with Gasteiger partial charge in [-0.05, 0) is 27.3 Å². The van der Waals surface area contributed by atoms with Crippen LogP contribution in [0, 0.1) is 0 Å². The molecule has 0 radical (unpaired) electrons. The number of ether oxygens (including phenoxy) is 2. The third-order valence-electron chi connectivity index (χ3n) is 2.66. The molecular weight excluding hydrogens is 166 g/mol. The molecule has 3 heteroatoms. The van der Waals surface area contributed by atoms with Crippen molar-refractivity contribution in [3.8, 4) is 0 Å². The normalized spacial score (nSPS) is 30.2. The molecule has 1 saturated heterocycles. The summed E-state index contributed by atoms with van der Waals surface area (Å²) in [6.45, 7) is 6.03. The highest BCUT2D eigenvalue weighted by Crippen LogP contribution is 2.19. The molecule has 1 heterocycles. The van der Waals surface area contributed by atoms with Gasteiger partial charge in [0.2, 0.25) is 0 Å². The zero-order chi connectivity index (χ0) is 9.84. The zero-order valence-electron chi connectivity index (χ0n) is 9.12. The van der Waals surface area contributed by atoms with Crippen LogP contribution in [0.1, 0.15) is 20.3 Å². The van der Waals surface area contributed by atoms with Gasteiger partial charge in [0.15, 0.2) is 0 Å². The van der Waals surface area contributed by atoms with Gasteiger partial charge in [-0.25, -0.2) is 0 Å². The van der Waals surface area contributed by atoms with Gasteiger partial charge in [-0.15, -0.1) is 0 Å². The molecule has 0 N–H and O–H groups in total. The number of methoxy groups -OCH3 is 1. The summed E-state index contributed by atoms with van der Waals surface area (Å²) in [6.07, 6.45) is 1.79. The fraction of sp³-hybridized carbons (Fsp3) is 1.00. The van der Waals surface area contributed by atoms with Crippen LogP contribution < -0.4 is 0 Å². The summed E-state index contributed by atoms with van der Waals surface area (Å²) < 4.78 is 11.0. The van der Waals surface area contributed by atoms with Crippen molar-refractivity contribution < 1.29 is 9.47 Å². The first kappa shape index (κ1) is 11.0. The Morgan fingerprint density at radius 3 is 2.69 bits per heavy atom. The highest BCUT2D eigenvalue weighted by atomic mass is 16.5. The Hall–Kier alpha value is -0.120. The first-order valence-electron chi connectivity index (χ1n) is 4.99. The summed E-state index contributed by atoms with van der Waals surface area (Å²) >= 11 is 0. The molecular formula is C10H21NO2. The lowest BCUT2D eigenvalue weighted by atomic mass is 10.2. The van der Waals surface area contributed by atoms with E-state index in [1.165, 1.54) is 0 Å². The maximum absolute atomic E-state index is 5.61. The molecule has 0 spiro atoms. The minimum atomic E-state index is 0.312. The SMILES string of the molecule is CO[C@@H]1CCN(C)[C@@H]1COC(C)C. The number of hydrogen-bond acceptors (Lipinski definition) is 3. The van der Waals surface area contributed by atoms with Crippen molar-refractivity contribution >= 4 is 0 Å². The smallest absolute Gasteiger partial charge is 0.0761 e. The van der Waals surface area contributed by atoms with E-state index in [0.717, 1.165) is 19.6 Å². The topological polar surface area (TPSA) is 21.7 Å². The maximum Gasteiger partial charge on any atom is 0.0761 e. The van der Waals surface area contributed by atoms with E-state index in [9.17, 15) is 0 Å². The lowest BCUT2D eigenvalue weighted by molar-refractivity contribution is -0.00461. The average molecular weight is 187 g/mol. The summed E-state index contributed by atoms with van der Waals surface area (Å²) in [7, 11) is 3.92. The van der Waals surface area contributed by atoms with Gasteiger partial charge in [-0.2, -0.15) is 0 Å². The van der Waals surface area contributed by atoms with Crippen molar-refractivity contribution in [1.82, 2.24) is 4.90 Å². The summed E-state index contributed by atoms with van der Waals surface area (Å²) in [6, 6.07) is 0.437. The monoisotopic (exact) mass is 187 g/mol. The Morgan fingerprint density at radius 2 is 2.15 bits per heavy atom. The number of hydrogen-bond donors (Lipinski definition) is 0. The fourth-order valence-corrected chi connectivity index (χ4v) is 1.77. The molecule has 0 aliphatic carbocycles. The van der Waals surface area contributed by atoms with E-state index >= 15 is 0 Å². The summed E-state index contributed by atoms with van der Waals surface area (Å²) in [5.74, 6) is 0. The quantitative estimate of drug-likeness (QED) is 0.658. The molecule has 0 amide bonds. The van der Waals surface area contributed by atoms with Gasteiger partial charge in [-0.1, -0.05) is 0 Å². The first-order chi connectivity index (χ1) is 6.15. The Morgan fingerprint density at radius 1 is 1.46 bits per heavy atom. The molecule has 0 bridgehead atoms. The number of likely N-dealkylation sites (tertiary alicyclic amines) is 1. The van der Waals surface area contributed by atoms with Crippen molar-refractivity contribution in [2.75, 3.05) is 27.3 Å². The van der Waals surface area contributed by atoms with E-state index in [2.05, 4.69) is 25.8 Å². The highest BCUT2D eigenvalue weighted by Gasteiger charge is 2.31. The predicted octanol–water partition coefficient (Wildman–Crippen LogP) is 1.13. The van der Waals surface area contributed by atoms with Crippen LogP contribution in [0.25, 0.3) is 0 Å². The van der Waals surface area contributed by atoms with Gasteiger partial charge in [0.25, 0.3) is 0 Å². The average Bonchev–Trinajstić information content (AvgIpc) is 2.43. The van der Waals surface area contributed by atoms with Crippen LogP contribution in [-0.4, -0.2) is 50.5 Å². The molecule has 3 nitrogen and oxygen atoms in total. The first-order valence-corrected chi connectivity index (χ1v) is 4.99. The van der Waals surface area contributed by atoms with Gasteiger partial charge >= 0.3 is 0 Å². The lowest BCUT2D eigenvalue weighted by Crippen LogP contribution is -2.38. The van der Waals surface area contributed by atoms with Gasteiger partial charge in [0, 0.05) is 13.7 Å². The van der Waals surface area contributed by atoms with Crippen molar-refractivity contribution in [2.45, 2.75) is 38.5 Å². The van der Waals surface area contributed by atoms with E-state index in [1.807, 2.05) is 0 Å². The molecule has 2 atom stereocenters. The van der Waals surface area contributed by atoms with Crippen molar-refractivity contribution in [1.29, 1.82) is 0 Å². The Balaban J connectivity index is 2.35. The van der Waals surface area contributed by atoms with Crippen LogP contribution in [0.3, 0.4) is 0 Å². The molecule has 1 rings (SSSR count). The second-order valence-electron chi connectivity index (χ2n) is 3.99. The highest BCUT2D eigenvalue weighted by molar-refractivity contribution is 4.85. The van der Waals surface area contributed by atoms with E-state index in [4.69, 9.17) is 9.47 Å². The van der Waals surface area contributed by atoms with Crippen molar-refractivity contribution in [3.05, 3.63) is 0 Å². The van der Waals surface area contributed by atoms with Crippen LogP contribution in [-0.2, 0) is 9.47 Å². The number of nitrogens with zero attached hydrogens (tertiary/aromatic N) is 1. The second kappa shape index (κ2) is 4.94. The molecule has 0 unspecified atom stereocenters. The minimum Gasteiger partial charge on any atom is -0.380 e. The van der Waals surface area contributed by atoms with E-state index < -0.39 is 0 Å². The number of rotatable bonds is 4. The second-order valence-corrected chi connectivity index (χ2v) is 3.99. The Kier molecular flexibility index (Phi) is 4.16. The summed E-state index contributed by atoms with van der Waals surface area (Å²) in [5, 5.41) is 0. The van der Waals surface area contributed by atoms with Gasteiger partial charge in [-0.3, -0.25) is 4.90 Å². The van der Waals surface area contributed by atoms with E-state index in [-0.39, 0.29) is 0 Å². The maximum atomic E-state index is 5.61. The molecule has 0 aromatic heterocycles. The van der Waals surface area contributed by atoms with Crippen LogP contribution in [0.5, 0.6) is 0 Å². The zero-order valence-corrected chi connectivity index (χ0v) is 9.12. The van der Waals surface area contributed by atoms with Crippen LogP contribution >= 0.6 is 0 Å². The third-order valence-corrected chi connectivity index (χ3v) is 2.66. The summed E-state index contributed by atoms with van der Waals surface area (Å²) in [4.78, 5) is 2.32. The molecule has 78 valence electrons. The van der Waals surface area contributed by atoms with Gasteiger partial charge < -0.3 is 9.47 Å². The standard InChI is InChI=1S/C10H21NO2/c1-8(2)13-7-9-10(12-4)5-6-11(9)3/h8-10H,5-7H2,1-4H3/t9-,10-/m1/s1. The Bertz CT molecular complexity index is 150. The summed E-state index contributed by atoms with van der Waals surface area (Å²) in [5.41, 5.74) is 0. The molecule has 0 saturated carbocycles. The lowest BCUT2D eigenvalue weighted by Gasteiger charge is -2.24. The molecule has 1 aliphatic heterocycles. The van der Waals surface area contributed by atoms with Crippen molar-refractivity contribution in [3.63, 3.8) is 0 Å². The molecule has 1 fully saturated rings. The molecule has 0 aromatic rings. The number of likely N-dealkylation sites (N-methyl/N-ethyl adjacent to an activating group) is 1. The van der Waals surface area contributed by atoms with Crippen LogP contribution in [0.4, 0.5) is 0 Å². The molecule has 1 aliphatic rings. The molecule has 0 aromatic carbocycles. The third kappa shape index (κ3) is 2.93. The van der Waals surface area contributed by atoms with Gasteiger partial charge in [0.1, 0.15) is 0 Å². The van der Waals surface area contributed by atoms with E-state index in [1.54, 1.807) is 7.11 Å². The van der Waals surface area contributed by atoms with Crippen LogP contribution in [0.15, 0.2) is 0 Å². The minimum absolute atomic E-state index is 0.312. The Labute approximate surface area is 81.0 Å². The fourth-order valence-electron chi connectivity index (χ4n) is 1.77. The van der Waals surface area contributed by atoms with E-state index in [0.29, 0.717) is 18.2 Å². The predicted molar refractivity (Wildman–Crippen MR) is 52.9 cm³/mol. The van der Waals surface area contributed by atoms with Crippen molar-refractivity contribution in [2.24, 2.45) is 0 Å². The van der Waals surface area contributed by atoms with Gasteiger partial charge in [0.05, 0.1) is 24.9 Å². The van der Waals surface area contributed by atoms with Crippen LogP contribution in [0.2, 0.25) is 0 Å². The molecule has 13 heavy (non-hydrogen) atoms.